The van der Waals surface area contributed by atoms with E-state index in [1.807, 2.05) is 0 Å². The molecule has 1 aromatic carbocycles. The third-order valence-corrected chi connectivity index (χ3v) is 6.84. The highest BCUT2D eigenvalue weighted by Crippen LogP contribution is 2.49. The van der Waals surface area contributed by atoms with E-state index in [1.54, 1.807) is 28.6 Å². The predicted octanol–water partition coefficient (Wildman–Crippen LogP) is 3.84. The fourth-order valence-corrected chi connectivity index (χ4v) is 5.07. The molecule has 0 aliphatic carbocycles. The highest BCUT2D eigenvalue weighted by molar-refractivity contribution is 8.22. The van der Waals surface area contributed by atoms with Crippen LogP contribution in [0.3, 0.4) is 0 Å². The lowest BCUT2D eigenvalue weighted by Gasteiger charge is -2.36. The van der Waals surface area contributed by atoms with Gasteiger partial charge in [-0.25, -0.2) is 8.99 Å². The predicted molar refractivity (Wildman–Crippen MR) is 94.7 cm³/mol. The van der Waals surface area contributed by atoms with Gasteiger partial charge < -0.3 is 4.74 Å². The number of hydrogen-bond donors (Lipinski definition) is 2. The zero-order valence-electron chi connectivity index (χ0n) is 14.4. The summed E-state index contributed by atoms with van der Waals surface area (Å²) in [5.41, 5.74) is 1.13. The van der Waals surface area contributed by atoms with Gasteiger partial charge in [-0.3, -0.25) is 9.11 Å². The highest BCUT2D eigenvalue weighted by Gasteiger charge is 2.40. The number of nitrogens with zero attached hydrogens (tertiary/aromatic N) is 3. The van der Waals surface area contributed by atoms with E-state index in [0.29, 0.717) is 43.3 Å². The van der Waals surface area contributed by atoms with Gasteiger partial charge in [-0.2, -0.15) is 18.3 Å². The van der Waals surface area contributed by atoms with Crippen LogP contribution in [0.4, 0.5) is 13.2 Å². The first-order valence-electron chi connectivity index (χ1n) is 8.62. The van der Waals surface area contributed by atoms with Crippen molar-refractivity contribution < 1.29 is 27.0 Å². The molecular weight excluding hydrogens is 383 g/mol. The molecule has 0 unspecified atom stereocenters. The van der Waals surface area contributed by atoms with Gasteiger partial charge in [-0.15, -0.1) is 10.8 Å². The Bertz CT molecular complexity index is 836. The lowest BCUT2D eigenvalue weighted by atomic mass is 10.1. The highest BCUT2D eigenvalue weighted by atomic mass is 32.3. The average molecular weight is 403 g/mol. The van der Waals surface area contributed by atoms with Gasteiger partial charge in [0.1, 0.15) is 0 Å². The van der Waals surface area contributed by atoms with Crippen LogP contribution in [0.2, 0.25) is 0 Å². The number of ether oxygens (including phenoxy) is 1. The zero-order chi connectivity index (χ0) is 19.2. The molecule has 6 nitrogen and oxygen atoms in total. The van der Waals surface area contributed by atoms with Crippen molar-refractivity contribution in [2.75, 3.05) is 18.9 Å². The lowest BCUT2D eigenvalue weighted by Crippen LogP contribution is -2.22. The Morgan fingerprint density at radius 1 is 1.19 bits per heavy atom. The summed E-state index contributed by atoms with van der Waals surface area (Å²) < 4.78 is 68.0. The summed E-state index contributed by atoms with van der Waals surface area (Å²) in [7, 11) is -2.70. The molecule has 2 aromatic rings. The summed E-state index contributed by atoms with van der Waals surface area (Å²) in [4.78, 5) is 0. The molecule has 0 bridgehead atoms. The second kappa shape index (κ2) is 6.78. The van der Waals surface area contributed by atoms with Crippen LogP contribution in [-0.4, -0.2) is 42.1 Å². The quantitative estimate of drug-likeness (QED) is 0.815. The summed E-state index contributed by atoms with van der Waals surface area (Å²) in [5.74, 6) is 0.382. The minimum absolute atomic E-state index is 0.0882. The standard InChI is InChI=1S/C17H20F3N3O3S/c18-17(19,20)16-14-11-26-8-6-15(14)23(21-16)13-4-2-12(3-5-13)10-22-7-1-9-27(22,24)25/h2-5,24-25H,1,6-11H2. The molecule has 0 saturated carbocycles. The topological polar surface area (TPSA) is 70.8 Å². The number of fused-ring (bicyclic) bond motifs is 1. The van der Waals surface area contributed by atoms with Gasteiger partial charge in [0, 0.05) is 25.1 Å². The lowest BCUT2D eigenvalue weighted by molar-refractivity contribution is -0.142. The third-order valence-electron chi connectivity index (χ3n) is 4.87. The molecule has 27 heavy (non-hydrogen) atoms. The molecule has 0 amide bonds. The monoisotopic (exact) mass is 403 g/mol. The van der Waals surface area contributed by atoms with E-state index in [9.17, 15) is 22.3 Å². The van der Waals surface area contributed by atoms with Crippen molar-refractivity contribution >= 4 is 10.8 Å². The first-order chi connectivity index (χ1) is 12.8. The average Bonchev–Trinajstić information content (AvgIpc) is 3.16. The van der Waals surface area contributed by atoms with Gasteiger partial charge in [-0.1, -0.05) is 12.1 Å². The summed E-state index contributed by atoms with van der Waals surface area (Å²) in [6.45, 7) is 1.28. The number of benzene rings is 1. The Morgan fingerprint density at radius 2 is 1.93 bits per heavy atom. The molecular formula is C17H20F3N3O3S. The number of alkyl halides is 3. The fourth-order valence-electron chi connectivity index (χ4n) is 3.52. The van der Waals surface area contributed by atoms with Gasteiger partial charge in [0.05, 0.1) is 30.3 Å². The van der Waals surface area contributed by atoms with Crippen LogP contribution in [0, 0.1) is 0 Å². The summed E-state index contributed by atoms with van der Waals surface area (Å²) in [6.07, 6.45) is -3.42. The Kier molecular flexibility index (Phi) is 4.71. The Labute approximate surface area is 156 Å². The van der Waals surface area contributed by atoms with E-state index in [0.717, 1.165) is 12.0 Å². The van der Waals surface area contributed by atoms with E-state index in [-0.39, 0.29) is 12.2 Å². The van der Waals surface area contributed by atoms with E-state index < -0.39 is 22.6 Å². The van der Waals surface area contributed by atoms with E-state index >= 15 is 0 Å². The number of rotatable bonds is 3. The molecule has 3 heterocycles. The Balaban J connectivity index is 1.62. The van der Waals surface area contributed by atoms with Crippen LogP contribution in [-0.2, 0) is 30.5 Å². The summed E-state index contributed by atoms with van der Waals surface area (Å²) >= 11 is 0. The second-order valence-electron chi connectivity index (χ2n) is 6.71. The SMILES string of the molecule is OS1(O)CCCN1Cc1ccc(-n2nc(C(F)(F)F)c3c2CCOC3)cc1. The molecule has 2 aliphatic rings. The zero-order valence-corrected chi connectivity index (χ0v) is 15.3. The van der Waals surface area contributed by atoms with Gasteiger partial charge in [0.25, 0.3) is 0 Å². The maximum absolute atomic E-state index is 13.3. The summed E-state index contributed by atoms with van der Waals surface area (Å²) in [6, 6.07) is 6.98. The van der Waals surface area contributed by atoms with Crippen LogP contribution in [0.25, 0.3) is 5.69 Å². The van der Waals surface area contributed by atoms with Crippen molar-refractivity contribution in [1.82, 2.24) is 14.1 Å². The maximum atomic E-state index is 13.3. The van der Waals surface area contributed by atoms with Crippen LogP contribution >= 0.6 is 10.8 Å². The van der Waals surface area contributed by atoms with E-state index in [2.05, 4.69) is 5.10 Å². The largest absolute Gasteiger partial charge is 0.435 e. The third kappa shape index (κ3) is 3.59. The second-order valence-corrected chi connectivity index (χ2v) is 8.90. The molecule has 1 aromatic heterocycles. The maximum Gasteiger partial charge on any atom is 0.435 e. The molecule has 1 fully saturated rings. The first-order valence-corrected chi connectivity index (χ1v) is 10.3. The molecule has 0 spiro atoms. The molecule has 10 heteroatoms. The van der Waals surface area contributed by atoms with Crippen molar-refractivity contribution in [3.63, 3.8) is 0 Å². The van der Waals surface area contributed by atoms with Crippen LogP contribution < -0.4 is 0 Å². The molecule has 0 atom stereocenters. The van der Waals surface area contributed by atoms with Crippen LogP contribution in [0.15, 0.2) is 24.3 Å². The van der Waals surface area contributed by atoms with Crippen molar-refractivity contribution in [1.29, 1.82) is 0 Å². The van der Waals surface area contributed by atoms with E-state index in [1.165, 1.54) is 4.68 Å². The van der Waals surface area contributed by atoms with Crippen LogP contribution in [0.5, 0.6) is 0 Å². The Morgan fingerprint density at radius 3 is 2.56 bits per heavy atom. The summed E-state index contributed by atoms with van der Waals surface area (Å²) in [5, 5.41) is 3.81. The number of hydrogen-bond acceptors (Lipinski definition) is 5. The minimum atomic E-state index is -4.53. The van der Waals surface area contributed by atoms with Gasteiger partial charge in [0.2, 0.25) is 0 Å². The minimum Gasteiger partial charge on any atom is -0.376 e. The molecule has 2 aliphatic heterocycles. The molecule has 0 radical (unpaired) electrons. The molecule has 148 valence electrons. The van der Waals surface area contributed by atoms with Crippen molar-refractivity contribution in [2.45, 2.75) is 32.2 Å². The van der Waals surface area contributed by atoms with Crippen molar-refractivity contribution in [2.24, 2.45) is 0 Å². The van der Waals surface area contributed by atoms with E-state index in [4.69, 9.17) is 4.74 Å². The molecule has 1 saturated heterocycles. The van der Waals surface area contributed by atoms with Gasteiger partial charge in [0.15, 0.2) is 5.69 Å². The molecule has 4 rings (SSSR count). The normalized spacial score (nSPS) is 21.2. The van der Waals surface area contributed by atoms with Crippen molar-refractivity contribution in [3.05, 3.63) is 46.8 Å². The first kappa shape index (κ1) is 18.8. The van der Waals surface area contributed by atoms with Crippen LogP contribution in [0.1, 0.15) is 28.9 Å². The fraction of sp³-hybridized carbons (Fsp3) is 0.471. The van der Waals surface area contributed by atoms with Crippen molar-refractivity contribution in [3.8, 4) is 5.69 Å². The molecule has 2 N–H and O–H groups in total. The number of aromatic nitrogens is 2. The smallest absolute Gasteiger partial charge is 0.376 e. The Hall–Kier alpha value is -1.59. The number of halogens is 3. The van der Waals surface area contributed by atoms with Gasteiger partial charge >= 0.3 is 6.18 Å². The van der Waals surface area contributed by atoms with Gasteiger partial charge in [-0.05, 0) is 24.1 Å².